The molecule has 3 rings (SSSR count). The summed E-state index contributed by atoms with van der Waals surface area (Å²) in [6.07, 6.45) is 1.14. The van der Waals surface area contributed by atoms with Gasteiger partial charge in [-0.1, -0.05) is 30.3 Å². The first-order valence-electron chi connectivity index (χ1n) is 6.05. The Hall–Kier alpha value is -1.61. The molecule has 0 radical (unpaired) electrons. The molecule has 1 heterocycles. The van der Waals surface area contributed by atoms with Crippen LogP contribution in [0.1, 0.15) is 23.6 Å². The van der Waals surface area contributed by atoms with E-state index >= 15 is 0 Å². The molecular weight excluding hydrogens is 246 g/mol. The van der Waals surface area contributed by atoms with Crippen molar-refractivity contribution in [1.82, 2.24) is 9.97 Å². The molecule has 1 aliphatic carbocycles. The second-order valence-electron chi connectivity index (χ2n) is 4.67. The first-order valence-corrected chi connectivity index (χ1v) is 6.43. The maximum absolute atomic E-state index is 5.85. The van der Waals surface area contributed by atoms with Crippen molar-refractivity contribution >= 4 is 17.4 Å². The Labute approximate surface area is 111 Å². The fourth-order valence-corrected chi connectivity index (χ4v) is 2.44. The highest BCUT2D eigenvalue weighted by Crippen LogP contribution is 2.42. The highest BCUT2D eigenvalue weighted by molar-refractivity contribution is 6.28. The molecule has 1 N–H and O–H groups in total. The summed E-state index contributed by atoms with van der Waals surface area (Å²) in [6, 6.07) is 12.9. The molecule has 92 valence electrons. The van der Waals surface area contributed by atoms with Gasteiger partial charge in [0.15, 0.2) is 0 Å². The zero-order chi connectivity index (χ0) is 12.5. The molecular formula is C14H14ClN3. The SMILES string of the molecule is Cc1cc(NC2CC2c2ccccc2)nc(Cl)n1. The van der Waals surface area contributed by atoms with E-state index in [2.05, 4.69) is 39.6 Å². The molecule has 0 spiro atoms. The summed E-state index contributed by atoms with van der Waals surface area (Å²) in [5.41, 5.74) is 2.27. The van der Waals surface area contributed by atoms with Crippen LogP contribution in [0, 0.1) is 6.92 Å². The van der Waals surface area contributed by atoms with Gasteiger partial charge in [0.05, 0.1) is 0 Å². The predicted molar refractivity (Wildman–Crippen MR) is 73.0 cm³/mol. The molecule has 3 nitrogen and oxygen atoms in total. The normalized spacial score (nSPS) is 21.7. The van der Waals surface area contributed by atoms with Crippen LogP contribution in [0.3, 0.4) is 0 Å². The zero-order valence-corrected chi connectivity index (χ0v) is 10.9. The number of anilines is 1. The minimum Gasteiger partial charge on any atom is -0.367 e. The summed E-state index contributed by atoms with van der Waals surface area (Å²) in [4.78, 5) is 8.24. The molecule has 2 unspecified atom stereocenters. The average molecular weight is 260 g/mol. The number of rotatable bonds is 3. The monoisotopic (exact) mass is 259 g/mol. The van der Waals surface area contributed by atoms with Crippen molar-refractivity contribution in [2.24, 2.45) is 0 Å². The summed E-state index contributed by atoms with van der Waals surface area (Å²) in [6.45, 7) is 1.92. The molecule has 0 amide bonds. The average Bonchev–Trinajstić information content (AvgIpc) is 3.08. The topological polar surface area (TPSA) is 37.8 Å². The van der Waals surface area contributed by atoms with Gasteiger partial charge in [-0.15, -0.1) is 0 Å². The van der Waals surface area contributed by atoms with Crippen molar-refractivity contribution in [1.29, 1.82) is 0 Å². The summed E-state index contributed by atoms with van der Waals surface area (Å²) in [5, 5.41) is 3.71. The molecule has 0 saturated heterocycles. The number of aryl methyl sites for hydroxylation is 1. The number of nitrogens with one attached hydrogen (secondary N) is 1. The highest BCUT2D eigenvalue weighted by Gasteiger charge is 2.38. The van der Waals surface area contributed by atoms with E-state index in [1.54, 1.807) is 0 Å². The van der Waals surface area contributed by atoms with Crippen LogP contribution in [0.25, 0.3) is 0 Å². The third kappa shape index (κ3) is 2.46. The Balaban J connectivity index is 1.69. The van der Waals surface area contributed by atoms with E-state index in [9.17, 15) is 0 Å². The van der Waals surface area contributed by atoms with E-state index < -0.39 is 0 Å². The number of aromatic nitrogens is 2. The maximum atomic E-state index is 5.85. The predicted octanol–water partition coefficient (Wildman–Crippen LogP) is 3.41. The molecule has 4 heteroatoms. The number of nitrogens with zero attached hydrogens (tertiary/aromatic N) is 2. The third-order valence-electron chi connectivity index (χ3n) is 3.18. The molecule has 18 heavy (non-hydrogen) atoms. The Bertz CT molecular complexity index is 536. The Morgan fingerprint density at radius 3 is 2.72 bits per heavy atom. The van der Waals surface area contributed by atoms with Crippen LogP contribution < -0.4 is 5.32 Å². The van der Waals surface area contributed by atoms with Gasteiger partial charge in [0.25, 0.3) is 0 Å². The summed E-state index contributed by atoms with van der Waals surface area (Å²) < 4.78 is 0. The molecule has 2 atom stereocenters. The Morgan fingerprint density at radius 2 is 2.00 bits per heavy atom. The van der Waals surface area contributed by atoms with Crippen molar-refractivity contribution in [2.75, 3.05) is 5.32 Å². The smallest absolute Gasteiger partial charge is 0.224 e. The molecule has 2 aromatic rings. The van der Waals surface area contributed by atoms with Gasteiger partial charge >= 0.3 is 0 Å². The van der Waals surface area contributed by atoms with Crippen molar-refractivity contribution in [3.05, 3.63) is 52.9 Å². The van der Waals surface area contributed by atoms with E-state index in [1.807, 2.05) is 19.1 Å². The van der Waals surface area contributed by atoms with Crippen molar-refractivity contribution in [2.45, 2.75) is 25.3 Å². The molecule has 1 aromatic heterocycles. The van der Waals surface area contributed by atoms with Gasteiger partial charge in [0.2, 0.25) is 5.28 Å². The summed E-state index contributed by atoms with van der Waals surface area (Å²) in [7, 11) is 0. The van der Waals surface area contributed by atoms with Crippen molar-refractivity contribution in [3.63, 3.8) is 0 Å². The van der Waals surface area contributed by atoms with Gasteiger partial charge in [-0.2, -0.15) is 0 Å². The number of benzene rings is 1. The molecule has 1 aromatic carbocycles. The fourth-order valence-electron chi connectivity index (χ4n) is 2.22. The van der Waals surface area contributed by atoms with Crippen LogP contribution in [-0.4, -0.2) is 16.0 Å². The van der Waals surface area contributed by atoms with E-state index in [4.69, 9.17) is 11.6 Å². The van der Waals surface area contributed by atoms with Gasteiger partial charge in [-0.3, -0.25) is 0 Å². The summed E-state index contributed by atoms with van der Waals surface area (Å²) >= 11 is 5.85. The van der Waals surface area contributed by atoms with E-state index in [1.165, 1.54) is 5.56 Å². The van der Waals surface area contributed by atoms with Crippen LogP contribution in [0.4, 0.5) is 5.82 Å². The second-order valence-corrected chi connectivity index (χ2v) is 5.01. The van der Waals surface area contributed by atoms with E-state index in [0.717, 1.165) is 17.9 Å². The van der Waals surface area contributed by atoms with Crippen LogP contribution in [0.5, 0.6) is 0 Å². The Kier molecular flexibility index (Phi) is 2.92. The van der Waals surface area contributed by atoms with Crippen molar-refractivity contribution in [3.8, 4) is 0 Å². The molecule has 1 aliphatic rings. The summed E-state index contributed by atoms with van der Waals surface area (Å²) in [5.74, 6) is 1.40. The van der Waals surface area contributed by atoms with Crippen LogP contribution in [0.2, 0.25) is 5.28 Å². The minimum absolute atomic E-state index is 0.300. The van der Waals surface area contributed by atoms with E-state index in [0.29, 0.717) is 17.2 Å². The van der Waals surface area contributed by atoms with Gasteiger partial charge in [0.1, 0.15) is 5.82 Å². The first-order chi connectivity index (χ1) is 8.72. The number of halogens is 1. The zero-order valence-electron chi connectivity index (χ0n) is 10.1. The van der Waals surface area contributed by atoms with E-state index in [-0.39, 0.29) is 0 Å². The van der Waals surface area contributed by atoms with Gasteiger partial charge in [0, 0.05) is 23.7 Å². The quantitative estimate of drug-likeness (QED) is 0.859. The lowest BCUT2D eigenvalue weighted by Crippen LogP contribution is -2.06. The van der Waals surface area contributed by atoms with Crippen LogP contribution in [-0.2, 0) is 0 Å². The lowest BCUT2D eigenvalue weighted by molar-refractivity contribution is 1.01. The molecule has 0 aliphatic heterocycles. The highest BCUT2D eigenvalue weighted by atomic mass is 35.5. The number of hydrogen-bond donors (Lipinski definition) is 1. The molecule has 1 saturated carbocycles. The van der Waals surface area contributed by atoms with Crippen LogP contribution >= 0.6 is 11.6 Å². The lowest BCUT2D eigenvalue weighted by Gasteiger charge is -2.06. The third-order valence-corrected chi connectivity index (χ3v) is 3.35. The standard InChI is InChI=1S/C14H14ClN3/c1-9-7-13(18-14(15)16-9)17-12-8-11(12)10-5-3-2-4-6-10/h2-7,11-12H,8H2,1H3,(H,16,17,18). The first kappa shape index (κ1) is 11.5. The molecule has 0 bridgehead atoms. The molecule has 1 fully saturated rings. The second kappa shape index (κ2) is 4.58. The lowest BCUT2D eigenvalue weighted by atomic mass is 10.1. The van der Waals surface area contributed by atoms with Crippen LogP contribution in [0.15, 0.2) is 36.4 Å². The van der Waals surface area contributed by atoms with Gasteiger partial charge in [-0.25, -0.2) is 9.97 Å². The van der Waals surface area contributed by atoms with Crippen molar-refractivity contribution < 1.29 is 0 Å². The Morgan fingerprint density at radius 1 is 1.22 bits per heavy atom. The minimum atomic E-state index is 0.300. The maximum Gasteiger partial charge on any atom is 0.224 e. The largest absolute Gasteiger partial charge is 0.367 e. The van der Waals surface area contributed by atoms with Gasteiger partial charge < -0.3 is 5.32 Å². The number of hydrogen-bond acceptors (Lipinski definition) is 3. The van der Waals surface area contributed by atoms with Gasteiger partial charge in [-0.05, 0) is 30.5 Å². The fraction of sp³-hybridized carbons (Fsp3) is 0.286.